The van der Waals surface area contributed by atoms with Gasteiger partial charge in [-0.3, -0.25) is 9.36 Å². The zero-order valence-electron chi connectivity index (χ0n) is 13.0. The fourth-order valence-electron chi connectivity index (χ4n) is 2.36. The SMILES string of the molecule is C=CCSc1nc2ccccc2c(=O)n1-c1ccc(OC)c(Cl)c1. The topological polar surface area (TPSA) is 44.1 Å². The minimum Gasteiger partial charge on any atom is -0.495 e. The molecule has 0 amide bonds. The molecule has 0 saturated heterocycles. The highest BCUT2D eigenvalue weighted by Gasteiger charge is 2.14. The van der Waals surface area contributed by atoms with Crippen LogP contribution in [0.5, 0.6) is 5.75 Å². The minimum atomic E-state index is -0.131. The van der Waals surface area contributed by atoms with Gasteiger partial charge in [0.25, 0.3) is 5.56 Å². The number of para-hydroxylation sites is 1. The number of hydrogen-bond acceptors (Lipinski definition) is 4. The first kappa shape index (κ1) is 16.6. The molecule has 6 heteroatoms. The number of methoxy groups -OCH3 is 1. The van der Waals surface area contributed by atoms with Crippen LogP contribution >= 0.6 is 23.4 Å². The van der Waals surface area contributed by atoms with Gasteiger partial charge in [-0.15, -0.1) is 6.58 Å². The zero-order valence-corrected chi connectivity index (χ0v) is 14.6. The van der Waals surface area contributed by atoms with E-state index in [-0.39, 0.29) is 5.56 Å². The van der Waals surface area contributed by atoms with Gasteiger partial charge in [0, 0.05) is 5.75 Å². The molecule has 0 N–H and O–H groups in total. The van der Waals surface area contributed by atoms with Crippen molar-refractivity contribution in [1.29, 1.82) is 0 Å². The summed E-state index contributed by atoms with van der Waals surface area (Å²) in [6.45, 7) is 3.73. The molecule has 3 rings (SSSR count). The van der Waals surface area contributed by atoms with Crippen LogP contribution in [0.15, 0.2) is 65.1 Å². The highest BCUT2D eigenvalue weighted by Crippen LogP contribution is 2.28. The molecular formula is C18H15ClN2O2S. The number of fused-ring (bicyclic) bond motifs is 1. The molecule has 1 aromatic heterocycles. The van der Waals surface area contributed by atoms with E-state index in [0.717, 1.165) is 0 Å². The standard InChI is InChI=1S/C18H15ClN2O2S/c1-3-10-24-18-20-15-7-5-4-6-13(15)17(22)21(18)12-8-9-16(23-2)14(19)11-12/h3-9,11H,1,10H2,2H3. The Hall–Kier alpha value is -2.24. The second-order valence-electron chi connectivity index (χ2n) is 4.97. The number of benzene rings is 2. The van der Waals surface area contributed by atoms with Crippen LogP contribution in [0.2, 0.25) is 5.02 Å². The van der Waals surface area contributed by atoms with E-state index in [1.165, 1.54) is 11.8 Å². The maximum Gasteiger partial charge on any atom is 0.266 e. The summed E-state index contributed by atoms with van der Waals surface area (Å²) in [6.07, 6.45) is 1.78. The van der Waals surface area contributed by atoms with Gasteiger partial charge in [-0.2, -0.15) is 0 Å². The number of hydrogen-bond donors (Lipinski definition) is 0. The summed E-state index contributed by atoms with van der Waals surface area (Å²) >= 11 is 7.67. The second-order valence-corrected chi connectivity index (χ2v) is 6.36. The van der Waals surface area contributed by atoms with Gasteiger partial charge in [0.1, 0.15) is 5.75 Å². The van der Waals surface area contributed by atoms with Crippen molar-refractivity contribution in [2.45, 2.75) is 5.16 Å². The van der Waals surface area contributed by atoms with E-state index < -0.39 is 0 Å². The molecule has 0 unspecified atom stereocenters. The Bertz CT molecular complexity index is 969. The molecule has 122 valence electrons. The molecule has 0 aliphatic rings. The van der Waals surface area contributed by atoms with E-state index in [1.807, 2.05) is 18.2 Å². The number of halogens is 1. The van der Waals surface area contributed by atoms with Crippen molar-refractivity contribution in [3.05, 3.63) is 70.5 Å². The summed E-state index contributed by atoms with van der Waals surface area (Å²) in [7, 11) is 1.55. The van der Waals surface area contributed by atoms with Crippen LogP contribution in [0.1, 0.15) is 0 Å². The largest absolute Gasteiger partial charge is 0.495 e. The lowest BCUT2D eigenvalue weighted by Crippen LogP contribution is -2.21. The molecule has 3 aromatic rings. The quantitative estimate of drug-likeness (QED) is 0.387. The van der Waals surface area contributed by atoms with Crippen molar-refractivity contribution in [2.24, 2.45) is 0 Å². The monoisotopic (exact) mass is 358 g/mol. The number of aromatic nitrogens is 2. The predicted octanol–water partition coefficient (Wildman–Crippen LogP) is 4.33. The van der Waals surface area contributed by atoms with Crippen LogP contribution < -0.4 is 10.3 Å². The Morgan fingerprint density at radius 3 is 2.83 bits per heavy atom. The first-order valence-electron chi connectivity index (χ1n) is 7.25. The lowest BCUT2D eigenvalue weighted by Gasteiger charge is -2.14. The molecule has 24 heavy (non-hydrogen) atoms. The van der Waals surface area contributed by atoms with Crippen LogP contribution in [-0.4, -0.2) is 22.4 Å². The van der Waals surface area contributed by atoms with Crippen LogP contribution in [-0.2, 0) is 0 Å². The van der Waals surface area contributed by atoms with Gasteiger partial charge in [0.2, 0.25) is 0 Å². The second kappa shape index (κ2) is 7.11. The fraction of sp³-hybridized carbons (Fsp3) is 0.111. The average molecular weight is 359 g/mol. The normalized spacial score (nSPS) is 10.8. The van der Waals surface area contributed by atoms with Crippen molar-refractivity contribution in [1.82, 2.24) is 9.55 Å². The lowest BCUT2D eigenvalue weighted by atomic mass is 10.2. The fourth-order valence-corrected chi connectivity index (χ4v) is 3.36. The molecule has 0 fully saturated rings. The Morgan fingerprint density at radius 2 is 2.12 bits per heavy atom. The molecule has 0 aliphatic carbocycles. The predicted molar refractivity (Wildman–Crippen MR) is 99.8 cm³/mol. The van der Waals surface area contributed by atoms with Crippen LogP contribution in [0, 0.1) is 0 Å². The third kappa shape index (κ3) is 3.05. The van der Waals surface area contributed by atoms with Crippen LogP contribution in [0.4, 0.5) is 0 Å². The summed E-state index contributed by atoms with van der Waals surface area (Å²) in [5.74, 6) is 1.21. The van der Waals surface area contributed by atoms with Gasteiger partial charge >= 0.3 is 0 Å². The van der Waals surface area contributed by atoms with E-state index >= 15 is 0 Å². The molecule has 1 heterocycles. The lowest BCUT2D eigenvalue weighted by molar-refractivity contribution is 0.415. The Balaban J connectivity index is 2.28. The molecular weight excluding hydrogens is 344 g/mol. The maximum absolute atomic E-state index is 13.0. The van der Waals surface area contributed by atoms with E-state index in [2.05, 4.69) is 11.6 Å². The smallest absolute Gasteiger partial charge is 0.266 e. The molecule has 4 nitrogen and oxygen atoms in total. The Kier molecular flexibility index (Phi) is 4.92. The van der Waals surface area contributed by atoms with Crippen molar-refractivity contribution < 1.29 is 4.74 Å². The van der Waals surface area contributed by atoms with Crippen molar-refractivity contribution in [3.63, 3.8) is 0 Å². The molecule has 0 aliphatic heterocycles. The Labute approximate surface area is 148 Å². The summed E-state index contributed by atoms with van der Waals surface area (Å²) in [6, 6.07) is 12.5. The van der Waals surface area contributed by atoms with E-state index in [4.69, 9.17) is 16.3 Å². The van der Waals surface area contributed by atoms with Gasteiger partial charge in [-0.25, -0.2) is 4.98 Å². The molecule has 0 atom stereocenters. The summed E-state index contributed by atoms with van der Waals surface area (Å²) in [4.78, 5) is 17.6. The summed E-state index contributed by atoms with van der Waals surface area (Å²) < 4.78 is 6.75. The Morgan fingerprint density at radius 1 is 1.33 bits per heavy atom. The highest BCUT2D eigenvalue weighted by molar-refractivity contribution is 7.99. The first-order chi connectivity index (χ1) is 11.7. The maximum atomic E-state index is 13.0. The molecule has 0 bridgehead atoms. The number of rotatable bonds is 5. The van der Waals surface area contributed by atoms with Gasteiger partial charge in [0.15, 0.2) is 5.16 Å². The van der Waals surface area contributed by atoms with Gasteiger partial charge in [-0.1, -0.05) is 41.6 Å². The van der Waals surface area contributed by atoms with Crippen LogP contribution in [0.25, 0.3) is 16.6 Å². The average Bonchev–Trinajstić information content (AvgIpc) is 2.60. The molecule has 0 spiro atoms. The molecule has 2 aromatic carbocycles. The molecule has 0 saturated carbocycles. The number of thioether (sulfide) groups is 1. The van der Waals surface area contributed by atoms with E-state index in [0.29, 0.717) is 38.3 Å². The van der Waals surface area contributed by atoms with Crippen molar-refractivity contribution in [3.8, 4) is 11.4 Å². The third-order valence-electron chi connectivity index (χ3n) is 3.47. The highest BCUT2D eigenvalue weighted by atomic mass is 35.5. The van der Waals surface area contributed by atoms with Crippen molar-refractivity contribution in [2.75, 3.05) is 12.9 Å². The third-order valence-corrected chi connectivity index (χ3v) is 4.70. The molecule has 0 radical (unpaired) electrons. The van der Waals surface area contributed by atoms with Crippen LogP contribution in [0.3, 0.4) is 0 Å². The minimum absolute atomic E-state index is 0.131. The van der Waals surface area contributed by atoms with Gasteiger partial charge in [-0.05, 0) is 30.3 Å². The summed E-state index contributed by atoms with van der Waals surface area (Å²) in [5, 5.41) is 1.60. The van der Waals surface area contributed by atoms with E-state index in [1.54, 1.807) is 42.0 Å². The first-order valence-corrected chi connectivity index (χ1v) is 8.61. The number of ether oxygens (including phenoxy) is 1. The zero-order chi connectivity index (χ0) is 17.1. The van der Waals surface area contributed by atoms with Gasteiger partial charge in [0.05, 0.1) is 28.7 Å². The summed E-state index contributed by atoms with van der Waals surface area (Å²) in [5.41, 5.74) is 1.19. The van der Waals surface area contributed by atoms with E-state index in [9.17, 15) is 4.79 Å². The van der Waals surface area contributed by atoms with Crippen molar-refractivity contribution >= 4 is 34.3 Å². The number of nitrogens with zero attached hydrogens (tertiary/aromatic N) is 2. The van der Waals surface area contributed by atoms with Gasteiger partial charge < -0.3 is 4.74 Å².